The number of hydrogen-bond donors (Lipinski definition) is 1. The van der Waals surface area contributed by atoms with Gasteiger partial charge >= 0.3 is 0 Å². The van der Waals surface area contributed by atoms with Gasteiger partial charge in [-0.3, -0.25) is 0 Å². The fraction of sp³-hybridized carbons (Fsp3) is 0.312. The Kier molecular flexibility index (Phi) is 3.90. The Morgan fingerprint density at radius 1 is 1.30 bits per heavy atom. The van der Waals surface area contributed by atoms with E-state index in [1.807, 2.05) is 43.3 Å². The number of ether oxygens (including phenoxy) is 1. The summed E-state index contributed by atoms with van der Waals surface area (Å²) in [6.45, 7) is 2.77. The number of aryl methyl sites for hydroxylation is 1. The largest absolute Gasteiger partial charge is 0.439 e. The lowest BCUT2D eigenvalue weighted by Crippen LogP contribution is -2.16. The average molecular weight is 289 g/mol. The first kappa shape index (κ1) is 13.4. The molecule has 1 saturated carbocycles. The van der Waals surface area contributed by atoms with Crippen molar-refractivity contribution < 1.29 is 4.74 Å². The zero-order valence-electron chi connectivity index (χ0n) is 11.4. The van der Waals surface area contributed by atoms with Crippen LogP contribution in [0.2, 0.25) is 5.02 Å². The van der Waals surface area contributed by atoms with Gasteiger partial charge in [-0.2, -0.15) is 0 Å². The van der Waals surface area contributed by atoms with Gasteiger partial charge in [0.2, 0.25) is 5.88 Å². The third-order valence-corrected chi connectivity index (χ3v) is 3.52. The van der Waals surface area contributed by atoms with E-state index >= 15 is 0 Å². The van der Waals surface area contributed by atoms with Gasteiger partial charge in [0.25, 0.3) is 0 Å². The molecular formula is C16H17ClN2O. The van der Waals surface area contributed by atoms with Gasteiger partial charge in [0, 0.05) is 23.7 Å². The smallest absolute Gasteiger partial charge is 0.219 e. The Morgan fingerprint density at radius 3 is 2.90 bits per heavy atom. The molecular weight excluding hydrogens is 272 g/mol. The highest BCUT2D eigenvalue weighted by Crippen LogP contribution is 2.26. The number of hydrogen-bond acceptors (Lipinski definition) is 3. The molecule has 1 N–H and O–H groups in total. The number of nitrogens with zero attached hydrogens (tertiary/aromatic N) is 1. The first-order valence-corrected chi connectivity index (χ1v) is 7.22. The van der Waals surface area contributed by atoms with Gasteiger partial charge < -0.3 is 10.1 Å². The Bertz CT molecular complexity index is 611. The second kappa shape index (κ2) is 5.81. The van der Waals surface area contributed by atoms with E-state index in [-0.39, 0.29) is 0 Å². The van der Waals surface area contributed by atoms with Crippen LogP contribution in [0.25, 0.3) is 0 Å². The summed E-state index contributed by atoms with van der Waals surface area (Å²) in [5.74, 6) is 1.40. The molecule has 3 nitrogen and oxygen atoms in total. The molecule has 0 amide bonds. The van der Waals surface area contributed by atoms with Crippen LogP contribution in [0.3, 0.4) is 0 Å². The molecule has 0 spiro atoms. The number of benzene rings is 1. The minimum atomic E-state index is 0.616. The molecule has 3 rings (SSSR count). The molecule has 4 heteroatoms. The predicted octanol–water partition coefficient (Wildman–Crippen LogP) is 4.09. The van der Waals surface area contributed by atoms with Crippen molar-refractivity contribution in [2.75, 3.05) is 0 Å². The van der Waals surface area contributed by atoms with Crippen LogP contribution in [0.4, 0.5) is 0 Å². The summed E-state index contributed by atoms with van der Waals surface area (Å²) in [4.78, 5) is 4.51. The van der Waals surface area contributed by atoms with Crippen molar-refractivity contribution in [3.8, 4) is 11.6 Å². The van der Waals surface area contributed by atoms with Crippen molar-refractivity contribution in [1.29, 1.82) is 0 Å². The molecule has 1 aromatic carbocycles. The fourth-order valence-corrected chi connectivity index (χ4v) is 2.22. The molecule has 1 heterocycles. The Hall–Kier alpha value is -1.58. The number of pyridine rings is 1. The lowest BCUT2D eigenvalue weighted by Gasteiger charge is -2.09. The summed E-state index contributed by atoms with van der Waals surface area (Å²) in [6.07, 6.45) is 2.56. The molecule has 1 aliphatic carbocycles. The normalized spacial score (nSPS) is 14.3. The number of aromatic nitrogens is 1. The van der Waals surface area contributed by atoms with Crippen LogP contribution in [-0.4, -0.2) is 11.0 Å². The lowest BCUT2D eigenvalue weighted by atomic mass is 10.2. The van der Waals surface area contributed by atoms with E-state index in [4.69, 9.17) is 16.3 Å². The maximum atomic E-state index is 5.94. The quantitative estimate of drug-likeness (QED) is 0.900. The van der Waals surface area contributed by atoms with E-state index < -0.39 is 0 Å². The Morgan fingerprint density at radius 2 is 2.15 bits per heavy atom. The molecule has 1 fully saturated rings. The lowest BCUT2D eigenvalue weighted by molar-refractivity contribution is 0.456. The standard InChI is InChI=1S/C16H17ClN2O/c1-11-9-12(17)5-8-15(11)20-16-4-2-3-14(19-16)10-18-13-6-7-13/h2-5,8-9,13,18H,6-7,10H2,1H3. The zero-order valence-corrected chi connectivity index (χ0v) is 12.2. The number of halogens is 1. The second-order valence-electron chi connectivity index (χ2n) is 5.13. The van der Waals surface area contributed by atoms with Crippen molar-refractivity contribution in [1.82, 2.24) is 10.3 Å². The van der Waals surface area contributed by atoms with E-state index in [9.17, 15) is 0 Å². The SMILES string of the molecule is Cc1cc(Cl)ccc1Oc1cccc(CNC2CC2)n1. The molecule has 20 heavy (non-hydrogen) atoms. The maximum absolute atomic E-state index is 5.94. The number of nitrogens with one attached hydrogen (secondary N) is 1. The van der Waals surface area contributed by atoms with E-state index in [1.165, 1.54) is 12.8 Å². The molecule has 1 aromatic heterocycles. The van der Waals surface area contributed by atoms with Crippen LogP contribution in [0.15, 0.2) is 36.4 Å². The molecule has 0 unspecified atom stereocenters. The summed E-state index contributed by atoms with van der Waals surface area (Å²) in [7, 11) is 0. The molecule has 2 aromatic rings. The summed E-state index contributed by atoms with van der Waals surface area (Å²) in [6, 6.07) is 12.1. The van der Waals surface area contributed by atoms with Crippen molar-refractivity contribution >= 4 is 11.6 Å². The summed E-state index contributed by atoms with van der Waals surface area (Å²) in [5, 5.41) is 4.16. The maximum Gasteiger partial charge on any atom is 0.219 e. The Labute approximate surface area is 123 Å². The minimum Gasteiger partial charge on any atom is -0.439 e. The molecule has 0 aliphatic heterocycles. The summed E-state index contributed by atoms with van der Waals surface area (Å²) < 4.78 is 5.83. The monoisotopic (exact) mass is 288 g/mol. The third-order valence-electron chi connectivity index (χ3n) is 3.28. The van der Waals surface area contributed by atoms with E-state index in [0.717, 1.165) is 23.6 Å². The highest BCUT2D eigenvalue weighted by atomic mass is 35.5. The summed E-state index contributed by atoms with van der Waals surface area (Å²) in [5.41, 5.74) is 2.00. The highest BCUT2D eigenvalue weighted by molar-refractivity contribution is 6.30. The molecule has 0 atom stereocenters. The van der Waals surface area contributed by atoms with Crippen molar-refractivity contribution in [3.05, 3.63) is 52.7 Å². The fourth-order valence-electron chi connectivity index (χ4n) is 1.99. The first-order chi connectivity index (χ1) is 9.70. The highest BCUT2D eigenvalue weighted by Gasteiger charge is 2.20. The van der Waals surface area contributed by atoms with Gasteiger partial charge in [-0.15, -0.1) is 0 Å². The van der Waals surface area contributed by atoms with Crippen LogP contribution in [0, 0.1) is 6.92 Å². The molecule has 0 saturated heterocycles. The van der Waals surface area contributed by atoms with Gasteiger partial charge in [0.15, 0.2) is 0 Å². The van der Waals surface area contributed by atoms with Gasteiger partial charge in [0.1, 0.15) is 5.75 Å². The first-order valence-electron chi connectivity index (χ1n) is 6.84. The van der Waals surface area contributed by atoms with Gasteiger partial charge in [-0.25, -0.2) is 4.98 Å². The van der Waals surface area contributed by atoms with E-state index in [2.05, 4.69) is 10.3 Å². The molecule has 0 bridgehead atoms. The predicted molar refractivity (Wildman–Crippen MR) is 80.4 cm³/mol. The topological polar surface area (TPSA) is 34.1 Å². The molecule has 0 radical (unpaired) electrons. The van der Waals surface area contributed by atoms with Crippen LogP contribution >= 0.6 is 11.6 Å². The zero-order chi connectivity index (χ0) is 13.9. The second-order valence-corrected chi connectivity index (χ2v) is 5.57. The van der Waals surface area contributed by atoms with Crippen LogP contribution in [0.1, 0.15) is 24.1 Å². The van der Waals surface area contributed by atoms with Crippen molar-refractivity contribution in [2.45, 2.75) is 32.4 Å². The van der Waals surface area contributed by atoms with Crippen LogP contribution < -0.4 is 10.1 Å². The average Bonchev–Trinajstić information content (AvgIpc) is 3.24. The molecule has 1 aliphatic rings. The van der Waals surface area contributed by atoms with Crippen molar-refractivity contribution in [2.24, 2.45) is 0 Å². The third kappa shape index (κ3) is 3.50. The number of rotatable bonds is 5. The van der Waals surface area contributed by atoms with Gasteiger partial charge in [-0.1, -0.05) is 17.7 Å². The van der Waals surface area contributed by atoms with E-state index in [0.29, 0.717) is 16.9 Å². The van der Waals surface area contributed by atoms with E-state index in [1.54, 1.807) is 0 Å². The minimum absolute atomic E-state index is 0.616. The van der Waals surface area contributed by atoms with Gasteiger partial charge in [-0.05, 0) is 49.6 Å². The Balaban J connectivity index is 1.70. The van der Waals surface area contributed by atoms with Gasteiger partial charge in [0.05, 0.1) is 5.69 Å². The molecule has 104 valence electrons. The van der Waals surface area contributed by atoms with Crippen LogP contribution in [-0.2, 0) is 6.54 Å². The van der Waals surface area contributed by atoms with Crippen LogP contribution in [0.5, 0.6) is 11.6 Å². The van der Waals surface area contributed by atoms with Crippen molar-refractivity contribution in [3.63, 3.8) is 0 Å². The summed E-state index contributed by atoms with van der Waals surface area (Å²) >= 11 is 5.94.